The van der Waals surface area contributed by atoms with E-state index in [-0.39, 0.29) is 0 Å². The van der Waals surface area contributed by atoms with Gasteiger partial charge in [0.1, 0.15) is 0 Å². The Balaban J connectivity index is 2.14. The minimum absolute atomic E-state index is 0.951. The van der Waals surface area contributed by atoms with E-state index in [0.717, 1.165) is 18.8 Å². The molecule has 0 amide bonds. The molecular weight excluding hydrogens is 140 g/mol. The lowest BCUT2D eigenvalue weighted by atomic mass is 10.5. The molecule has 2 N–H and O–H groups in total. The van der Waals surface area contributed by atoms with Crippen molar-refractivity contribution in [1.29, 1.82) is 0 Å². The molecule has 0 saturated carbocycles. The highest BCUT2D eigenvalue weighted by Crippen LogP contribution is 1.98. The van der Waals surface area contributed by atoms with E-state index in [0.29, 0.717) is 0 Å². The third kappa shape index (κ3) is 3.04. The van der Waals surface area contributed by atoms with Crippen LogP contribution in [0.5, 0.6) is 0 Å². The molecule has 0 aliphatic carbocycles. The maximum Gasteiger partial charge on any atom is 0.0724 e. The van der Waals surface area contributed by atoms with Gasteiger partial charge in [-0.2, -0.15) is 5.10 Å². The molecule has 4 nitrogen and oxygen atoms in total. The predicted molar refractivity (Wildman–Crippen MR) is 45.6 cm³/mol. The summed E-state index contributed by atoms with van der Waals surface area (Å²) in [5.74, 6) is 0. The summed E-state index contributed by atoms with van der Waals surface area (Å²) in [5.41, 5.74) is 1.05. The van der Waals surface area contributed by atoms with E-state index < -0.39 is 0 Å². The molecule has 0 unspecified atom stereocenters. The van der Waals surface area contributed by atoms with E-state index >= 15 is 0 Å². The number of aromatic nitrogens is 2. The Morgan fingerprint density at radius 1 is 1.64 bits per heavy atom. The number of hydrogen-bond donors (Lipinski definition) is 2. The molecule has 0 saturated heterocycles. The average molecular weight is 154 g/mol. The molecule has 4 heteroatoms. The Hall–Kier alpha value is -1.03. The Morgan fingerprint density at radius 2 is 2.45 bits per heavy atom. The van der Waals surface area contributed by atoms with Crippen LogP contribution < -0.4 is 5.32 Å². The van der Waals surface area contributed by atoms with Crippen LogP contribution in [0, 0.1) is 0 Å². The van der Waals surface area contributed by atoms with E-state index in [1.54, 1.807) is 6.20 Å². The lowest BCUT2D eigenvalue weighted by molar-refractivity contribution is 0.425. The standard InChI is InChI=1S/C7H14N4/c1-11(2)4-3-8-7-5-9-10-6-7/h5-6,8H,3-4H2,1-2H3,(H,9,10). The first kappa shape index (κ1) is 8.07. The van der Waals surface area contributed by atoms with Crippen molar-refractivity contribution in [2.75, 3.05) is 32.5 Å². The summed E-state index contributed by atoms with van der Waals surface area (Å²) in [6.45, 7) is 1.98. The highest BCUT2D eigenvalue weighted by molar-refractivity contribution is 5.37. The topological polar surface area (TPSA) is 44.0 Å². The van der Waals surface area contributed by atoms with E-state index in [4.69, 9.17) is 0 Å². The highest BCUT2D eigenvalue weighted by Gasteiger charge is 1.91. The van der Waals surface area contributed by atoms with Crippen LogP contribution in [0.3, 0.4) is 0 Å². The number of rotatable bonds is 4. The summed E-state index contributed by atoms with van der Waals surface area (Å²) in [4.78, 5) is 2.13. The smallest absolute Gasteiger partial charge is 0.0724 e. The van der Waals surface area contributed by atoms with Crippen molar-refractivity contribution in [3.8, 4) is 0 Å². The van der Waals surface area contributed by atoms with Crippen LogP contribution in [0.25, 0.3) is 0 Å². The molecule has 11 heavy (non-hydrogen) atoms. The van der Waals surface area contributed by atoms with Crippen LogP contribution in [-0.4, -0.2) is 42.3 Å². The fourth-order valence-electron chi connectivity index (χ4n) is 0.771. The molecule has 1 rings (SSSR count). The summed E-state index contributed by atoms with van der Waals surface area (Å²) in [6, 6.07) is 0. The first-order valence-electron chi connectivity index (χ1n) is 3.66. The van der Waals surface area contributed by atoms with E-state index in [2.05, 4.69) is 34.5 Å². The molecular formula is C7H14N4. The van der Waals surface area contributed by atoms with Crippen LogP contribution in [-0.2, 0) is 0 Å². The number of H-pyrrole nitrogens is 1. The molecule has 1 aromatic rings. The number of hydrogen-bond acceptors (Lipinski definition) is 3. The van der Waals surface area contributed by atoms with Crippen LogP contribution in [0.1, 0.15) is 0 Å². The van der Waals surface area contributed by atoms with Crippen molar-refractivity contribution in [2.45, 2.75) is 0 Å². The van der Waals surface area contributed by atoms with Crippen molar-refractivity contribution >= 4 is 5.69 Å². The number of aromatic amines is 1. The first-order valence-corrected chi connectivity index (χ1v) is 3.66. The van der Waals surface area contributed by atoms with Gasteiger partial charge < -0.3 is 10.2 Å². The zero-order valence-corrected chi connectivity index (χ0v) is 6.96. The maximum atomic E-state index is 3.82. The van der Waals surface area contributed by atoms with Gasteiger partial charge in [-0.05, 0) is 14.1 Å². The van der Waals surface area contributed by atoms with E-state index in [1.165, 1.54) is 0 Å². The van der Waals surface area contributed by atoms with Gasteiger partial charge in [0.05, 0.1) is 11.9 Å². The number of nitrogens with zero attached hydrogens (tertiary/aromatic N) is 2. The maximum absolute atomic E-state index is 3.82. The lowest BCUT2D eigenvalue weighted by Crippen LogP contribution is -2.20. The SMILES string of the molecule is CN(C)CCNc1cn[nH]c1. The Bertz CT molecular complexity index is 180. The lowest BCUT2D eigenvalue weighted by Gasteiger charge is -2.09. The molecule has 0 spiro atoms. The predicted octanol–water partition coefficient (Wildman–Crippen LogP) is 0.383. The summed E-state index contributed by atoms with van der Waals surface area (Å²) in [5, 5.41) is 9.78. The fourth-order valence-corrected chi connectivity index (χ4v) is 0.771. The molecule has 1 aromatic heterocycles. The monoisotopic (exact) mass is 154 g/mol. The molecule has 62 valence electrons. The molecule has 0 aliphatic heterocycles. The van der Waals surface area contributed by atoms with Crippen molar-refractivity contribution in [3.63, 3.8) is 0 Å². The molecule has 0 atom stereocenters. The number of likely N-dealkylation sites (N-methyl/N-ethyl adjacent to an activating group) is 1. The van der Waals surface area contributed by atoms with E-state index in [9.17, 15) is 0 Å². The van der Waals surface area contributed by atoms with Gasteiger partial charge in [0.25, 0.3) is 0 Å². The molecule has 0 bridgehead atoms. The number of anilines is 1. The normalized spacial score (nSPS) is 10.5. The van der Waals surface area contributed by atoms with Gasteiger partial charge >= 0.3 is 0 Å². The zero-order valence-electron chi connectivity index (χ0n) is 6.96. The van der Waals surface area contributed by atoms with E-state index in [1.807, 2.05) is 6.20 Å². The second-order valence-electron chi connectivity index (χ2n) is 2.72. The van der Waals surface area contributed by atoms with Gasteiger partial charge in [-0.25, -0.2) is 0 Å². The van der Waals surface area contributed by atoms with Gasteiger partial charge in [-0.15, -0.1) is 0 Å². The third-order valence-corrected chi connectivity index (χ3v) is 1.39. The fraction of sp³-hybridized carbons (Fsp3) is 0.571. The Kier molecular flexibility index (Phi) is 2.92. The molecule has 0 aliphatic rings. The van der Waals surface area contributed by atoms with Gasteiger partial charge in [-0.3, -0.25) is 5.10 Å². The van der Waals surface area contributed by atoms with Crippen molar-refractivity contribution in [3.05, 3.63) is 12.4 Å². The summed E-state index contributed by atoms with van der Waals surface area (Å²) >= 11 is 0. The Labute approximate surface area is 66.6 Å². The summed E-state index contributed by atoms with van der Waals surface area (Å²) in [6.07, 6.45) is 3.62. The van der Waals surface area contributed by atoms with Crippen molar-refractivity contribution in [1.82, 2.24) is 15.1 Å². The van der Waals surface area contributed by atoms with Gasteiger partial charge in [0.15, 0.2) is 0 Å². The molecule has 0 aromatic carbocycles. The van der Waals surface area contributed by atoms with Crippen LogP contribution in [0.2, 0.25) is 0 Å². The molecule has 0 fully saturated rings. The highest BCUT2D eigenvalue weighted by atomic mass is 15.1. The van der Waals surface area contributed by atoms with Crippen LogP contribution in [0.4, 0.5) is 5.69 Å². The molecule has 0 radical (unpaired) electrons. The average Bonchev–Trinajstić information content (AvgIpc) is 2.39. The quantitative estimate of drug-likeness (QED) is 0.659. The second kappa shape index (κ2) is 3.98. The minimum Gasteiger partial charge on any atom is -0.381 e. The van der Waals surface area contributed by atoms with Crippen molar-refractivity contribution in [2.24, 2.45) is 0 Å². The minimum atomic E-state index is 0.951. The first-order chi connectivity index (χ1) is 5.29. The van der Waals surface area contributed by atoms with Crippen LogP contribution >= 0.6 is 0 Å². The number of nitrogens with one attached hydrogen (secondary N) is 2. The largest absolute Gasteiger partial charge is 0.381 e. The third-order valence-electron chi connectivity index (χ3n) is 1.39. The summed E-state index contributed by atoms with van der Waals surface area (Å²) in [7, 11) is 4.11. The summed E-state index contributed by atoms with van der Waals surface area (Å²) < 4.78 is 0. The van der Waals surface area contributed by atoms with Gasteiger partial charge in [0, 0.05) is 19.3 Å². The van der Waals surface area contributed by atoms with Gasteiger partial charge in [0.2, 0.25) is 0 Å². The second-order valence-corrected chi connectivity index (χ2v) is 2.72. The molecule has 1 heterocycles. The van der Waals surface area contributed by atoms with Crippen molar-refractivity contribution < 1.29 is 0 Å². The van der Waals surface area contributed by atoms with Crippen LogP contribution in [0.15, 0.2) is 12.4 Å². The van der Waals surface area contributed by atoms with Gasteiger partial charge in [-0.1, -0.05) is 0 Å². The zero-order chi connectivity index (χ0) is 8.10. The Morgan fingerprint density at radius 3 is 3.00 bits per heavy atom.